The average molecular weight is 430 g/mol. The largest absolute Gasteiger partial charge is 0.465 e. The van der Waals surface area contributed by atoms with Gasteiger partial charge in [0.05, 0.1) is 12.7 Å². The molecule has 5 nitrogen and oxygen atoms in total. The Kier molecular flexibility index (Phi) is 8.23. The predicted octanol–water partition coefficient (Wildman–Crippen LogP) is 3.70. The van der Waals surface area contributed by atoms with E-state index >= 15 is 0 Å². The summed E-state index contributed by atoms with van der Waals surface area (Å²) in [6.45, 7) is 10.7. The van der Waals surface area contributed by atoms with E-state index in [1.807, 2.05) is 50.2 Å². The van der Waals surface area contributed by atoms with E-state index in [1.165, 1.54) is 4.90 Å². The number of hydrogen-bond donors (Lipinski definition) is 2. The number of rotatable bonds is 9. The Labute approximate surface area is 181 Å². The number of aliphatic hydroxyl groups is 1. The fourth-order valence-corrected chi connectivity index (χ4v) is 8.53. The molecular weight excluding hydrogens is 394 g/mol. The SMILES string of the molecule is CC(C)N(CC[C@@H](O)CO[Si](c1ccccc1)(c1ccccc1)C(C)(C)C)C(=O)O. The summed E-state index contributed by atoms with van der Waals surface area (Å²) < 4.78 is 6.70. The van der Waals surface area contributed by atoms with Gasteiger partial charge in [0, 0.05) is 12.6 Å². The molecule has 0 spiro atoms. The van der Waals surface area contributed by atoms with E-state index in [9.17, 15) is 15.0 Å². The molecule has 1 amide bonds. The number of amides is 1. The third-order valence-corrected chi connectivity index (χ3v) is 10.5. The molecule has 0 aliphatic carbocycles. The molecular formula is C24H35NO4Si. The smallest absolute Gasteiger partial charge is 0.407 e. The van der Waals surface area contributed by atoms with Gasteiger partial charge in [0.25, 0.3) is 8.32 Å². The average Bonchev–Trinajstić information content (AvgIpc) is 2.68. The summed E-state index contributed by atoms with van der Waals surface area (Å²) >= 11 is 0. The molecule has 0 aliphatic rings. The Balaban J connectivity index is 2.30. The molecule has 2 rings (SSSR count). The molecule has 0 fully saturated rings. The van der Waals surface area contributed by atoms with Crippen LogP contribution in [0.25, 0.3) is 0 Å². The van der Waals surface area contributed by atoms with Crippen molar-refractivity contribution in [1.82, 2.24) is 4.90 Å². The van der Waals surface area contributed by atoms with Gasteiger partial charge in [0.1, 0.15) is 0 Å². The molecule has 0 bridgehead atoms. The Morgan fingerprint density at radius 1 is 1.00 bits per heavy atom. The van der Waals surface area contributed by atoms with Crippen LogP contribution in [0.4, 0.5) is 4.79 Å². The predicted molar refractivity (Wildman–Crippen MR) is 124 cm³/mol. The van der Waals surface area contributed by atoms with Gasteiger partial charge in [-0.1, -0.05) is 81.4 Å². The lowest BCUT2D eigenvalue weighted by atomic mass is 10.2. The van der Waals surface area contributed by atoms with Crippen LogP contribution in [0.15, 0.2) is 60.7 Å². The van der Waals surface area contributed by atoms with E-state index < -0.39 is 20.5 Å². The van der Waals surface area contributed by atoms with Crippen LogP contribution in [0, 0.1) is 0 Å². The standard InChI is InChI=1S/C24H35NO4Si/c1-19(2)25(23(27)28)17-16-20(26)18-29-30(24(3,4)5,21-12-8-6-9-13-21)22-14-10-7-11-15-22/h6-15,19-20,26H,16-18H2,1-5H3,(H,27,28)/t20-/m1/s1. The van der Waals surface area contributed by atoms with Gasteiger partial charge in [-0.15, -0.1) is 0 Å². The fourth-order valence-electron chi connectivity index (χ4n) is 3.93. The maximum absolute atomic E-state index is 11.4. The molecule has 2 aromatic carbocycles. The van der Waals surface area contributed by atoms with Gasteiger partial charge >= 0.3 is 6.09 Å². The highest BCUT2D eigenvalue weighted by Gasteiger charge is 2.50. The van der Waals surface area contributed by atoms with Crippen molar-refractivity contribution in [3.8, 4) is 0 Å². The minimum absolute atomic E-state index is 0.132. The van der Waals surface area contributed by atoms with E-state index in [-0.39, 0.29) is 24.2 Å². The molecule has 2 aromatic rings. The third-order valence-electron chi connectivity index (χ3n) is 5.48. The first kappa shape index (κ1) is 24.1. The zero-order chi connectivity index (χ0) is 22.4. The third kappa shape index (κ3) is 5.50. The zero-order valence-electron chi connectivity index (χ0n) is 18.7. The maximum Gasteiger partial charge on any atom is 0.407 e. The van der Waals surface area contributed by atoms with Crippen molar-refractivity contribution in [2.45, 2.75) is 58.2 Å². The summed E-state index contributed by atoms with van der Waals surface area (Å²) in [6.07, 6.45) is -1.37. The van der Waals surface area contributed by atoms with Crippen LogP contribution in [0.5, 0.6) is 0 Å². The second kappa shape index (κ2) is 10.2. The molecule has 0 radical (unpaired) electrons. The lowest BCUT2D eigenvalue weighted by molar-refractivity contribution is 0.0763. The number of carbonyl (C=O) groups is 1. The van der Waals surface area contributed by atoms with Crippen molar-refractivity contribution in [1.29, 1.82) is 0 Å². The van der Waals surface area contributed by atoms with E-state index in [1.54, 1.807) is 0 Å². The zero-order valence-corrected chi connectivity index (χ0v) is 19.7. The van der Waals surface area contributed by atoms with Gasteiger partial charge in [-0.05, 0) is 35.7 Å². The number of hydrogen-bond acceptors (Lipinski definition) is 3. The molecule has 0 saturated heterocycles. The van der Waals surface area contributed by atoms with E-state index in [4.69, 9.17) is 4.43 Å². The Morgan fingerprint density at radius 2 is 1.47 bits per heavy atom. The van der Waals surface area contributed by atoms with Gasteiger partial charge in [0.15, 0.2) is 0 Å². The lowest BCUT2D eigenvalue weighted by Crippen LogP contribution is -2.67. The molecule has 0 aromatic heterocycles. The van der Waals surface area contributed by atoms with E-state index in [0.717, 1.165) is 10.4 Å². The molecule has 0 aliphatic heterocycles. The topological polar surface area (TPSA) is 70.0 Å². The number of nitrogens with zero attached hydrogens (tertiary/aromatic N) is 1. The van der Waals surface area contributed by atoms with Crippen LogP contribution in [0.3, 0.4) is 0 Å². The number of aliphatic hydroxyl groups excluding tert-OH is 1. The highest BCUT2D eigenvalue weighted by atomic mass is 28.4. The Bertz CT molecular complexity index is 750. The van der Waals surface area contributed by atoms with Crippen molar-refractivity contribution >= 4 is 24.8 Å². The van der Waals surface area contributed by atoms with Crippen molar-refractivity contribution < 1.29 is 19.4 Å². The second-order valence-corrected chi connectivity index (χ2v) is 13.3. The normalized spacial score (nSPS) is 13.3. The second-order valence-electron chi connectivity index (χ2n) is 8.99. The molecule has 1 atom stereocenters. The highest BCUT2D eigenvalue weighted by molar-refractivity contribution is 6.99. The number of carboxylic acid groups (broad SMARTS) is 1. The van der Waals surface area contributed by atoms with Gasteiger partial charge in [0.2, 0.25) is 0 Å². The highest BCUT2D eigenvalue weighted by Crippen LogP contribution is 2.36. The first-order valence-electron chi connectivity index (χ1n) is 10.5. The Hall–Kier alpha value is -2.15. The van der Waals surface area contributed by atoms with Crippen molar-refractivity contribution in [2.75, 3.05) is 13.2 Å². The van der Waals surface area contributed by atoms with Crippen LogP contribution in [-0.4, -0.2) is 54.8 Å². The molecule has 0 heterocycles. The van der Waals surface area contributed by atoms with Crippen LogP contribution >= 0.6 is 0 Å². The summed E-state index contributed by atoms with van der Waals surface area (Å²) in [5.41, 5.74) is 0. The van der Waals surface area contributed by atoms with Gasteiger partial charge in [-0.3, -0.25) is 0 Å². The first-order valence-corrected chi connectivity index (χ1v) is 12.4. The van der Waals surface area contributed by atoms with Crippen LogP contribution in [-0.2, 0) is 4.43 Å². The minimum Gasteiger partial charge on any atom is -0.465 e. The lowest BCUT2D eigenvalue weighted by Gasteiger charge is -2.43. The molecule has 0 saturated carbocycles. The maximum atomic E-state index is 11.4. The number of benzene rings is 2. The minimum atomic E-state index is -2.70. The quantitative estimate of drug-likeness (QED) is 0.596. The summed E-state index contributed by atoms with van der Waals surface area (Å²) in [7, 11) is -2.70. The first-order chi connectivity index (χ1) is 14.1. The molecule has 2 N–H and O–H groups in total. The van der Waals surface area contributed by atoms with Crippen molar-refractivity contribution in [3.63, 3.8) is 0 Å². The monoisotopic (exact) mass is 429 g/mol. The summed E-state index contributed by atoms with van der Waals surface area (Å²) in [4.78, 5) is 12.7. The fraction of sp³-hybridized carbons (Fsp3) is 0.458. The van der Waals surface area contributed by atoms with Crippen LogP contribution in [0.1, 0.15) is 41.0 Å². The van der Waals surface area contributed by atoms with E-state index in [2.05, 4.69) is 45.0 Å². The Morgan fingerprint density at radius 3 is 1.83 bits per heavy atom. The molecule has 164 valence electrons. The molecule has 0 unspecified atom stereocenters. The van der Waals surface area contributed by atoms with E-state index in [0.29, 0.717) is 6.42 Å². The van der Waals surface area contributed by atoms with Crippen molar-refractivity contribution in [3.05, 3.63) is 60.7 Å². The van der Waals surface area contributed by atoms with Gasteiger partial charge < -0.3 is 19.5 Å². The van der Waals surface area contributed by atoms with Crippen LogP contribution < -0.4 is 10.4 Å². The molecule has 6 heteroatoms. The summed E-state index contributed by atoms with van der Waals surface area (Å²) in [6, 6.07) is 20.4. The van der Waals surface area contributed by atoms with Crippen LogP contribution in [0.2, 0.25) is 5.04 Å². The van der Waals surface area contributed by atoms with Crippen molar-refractivity contribution in [2.24, 2.45) is 0 Å². The van der Waals surface area contributed by atoms with Gasteiger partial charge in [-0.2, -0.15) is 0 Å². The van der Waals surface area contributed by atoms with Gasteiger partial charge in [-0.25, -0.2) is 4.79 Å². The molecule has 30 heavy (non-hydrogen) atoms. The summed E-state index contributed by atoms with van der Waals surface area (Å²) in [5, 5.41) is 22.2. The summed E-state index contributed by atoms with van der Waals surface area (Å²) in [5.74, 6) is 0.